The zero-order valence-electron chi connectivity index (χ0n) is 14.2. The molecule has 2 fully saturated rings. The van der Waals surface area contributed by atoms with Crippen LogP contribution in [0.5, 0.6) is 0 Å². The van der Waals surface area contributed by atoms with Gasteiger partial charge in [-0.3, -0.25) is 4.99 Å². The molecule has 3 aliphatic heterocycles. The topological polar surface area (TPSA) is 58.4 Å². The fourth-order valence-electron chi connectivity index (χ4n) is 4.01. The first-order valence-corrected chi connectivity index (χ1v) is 9.15. The summed E-state index contributed by atoms with van der Waals surface area (Å²) in [6, 6.07) is 5.16. The first-order valence-electron chi connectivity index (χ1n) is 9.15. The molecule has 1 aliphatic carbocycles. The maximum Gasteiger partial charge on any atom is 0.416 e. The van der Waals surface area contributed by atoms with E-state index < -0.39 is 11.7 Å². The summed E-state index contributed by atoms with van der Waals surface area (Å²) in [5.74, 6) is 0.302. The van der Waals surface area contributed by atoms with Crippen molar-refractivity contribution >= 4 is 6.21 Å². The van der Waals surface area contributed by atoms with E-state index in [1.54, 1.807) is 0 Å². The Bertz CT molecular complexity index is 777. The molecule has 4 aliphatic rings. The summed E-state index contributed by atoms with van der Waals surface area (Å²) in [6.07, 6.45) is 0.552. The molecule has 0 radical (unpaired) electrons. The highest BCUT2D eigenvalue weighted by Crippen LogP contribution is 2.42. The summed E-state index contributed by atoms with van der Waals surface area (Å²) >= 11 is 0. The second-order valence-electron chi connectivity index (χ2n) is 7.72. The average Bonchev–Trinajstić information content (AvgIpc) is 3.36. The van der Waals surface area contributed by atoms with Gasteiger partial charge in [0.05, 0.1) is 17.6 Å². The molecule has 0 bridgehead atoms. The Morgan fingerprint density at radius 2 is 1.85 bits per heavy atom. The van der Waals surface area contributed by atoms with Gasteiger partial charge in [0.2, 0.25) is 0 Å². The van der Waals surface area contributed by atoms with Gasteiger partial charge >= 0.3 is 6.18 Å². The first kappa shape index (κ1) is 16.3. The van der Waals surface area contributed by atoms with Crippen LogP contribution in [0.4, 0.5) is 13.2 Å². The summed E-state index contributed by atoms with van der Waals surface area (Å²) in [7, 11) is 0. The molecule has 2 saturated heterocycles. The van der Waals surface area contributed by atoms with E-state index in [1.165, 1.54) is 12.1 Å². The van der Waals surface area contributed by atoms with Crippen LogP contribution in [0.25, 0.3) is 0 Å². The third-order valence-electron chi connectivity index (χ3n) is 5.77. The molecule has 4 nitrogen and oxygen atoms in total. The number of hydrogen-bond acceptors (Lipinski definition) is 4. The number of rotatable bonds is 4. The Balaban J connectivity index is 1.48. The van der Waals surface area contributed by atoms with E-state index in [-0.39, 0.29) is 18.0 Å². The summed E-state index contributed by atoms with van der Waals surface area (Å²) in [6.45, 7) is 2.59. The number of benzene rings is 1. The average molecular weight is 362 g/mol. The van der Waals surface area contributed by atoms with Crippen molar-refractivity contribution in [2.45, 2.75) is 36.6 Å². The molecule has 0 amide bonds. The normalized spacial score (nSPS) is 33.0. The van der Waals surface area contributed by atoms with Crippen molar-refractivity contribution in [2.24, 2.45) is 10.9 Å². The largest absolute Gasteiger partial charge is 0.416 e. The Morgan fingerprint density at radius 1 is 1.08 bits per heavy atom. The van der Waals surface area contributed by atoms with Crippen LogP contribution in [-0.4, -0.2) is 37.9 Å². The van der Waals surface area contributed by atoms with Crippen LogP contribution in [0.2, 0.25) is 0 Å². The van der Waals surface area contributed by atoms with Crippen molar-refractivity contribution in [3.8, 4) is 0 Å². The van der Waals surface area contributed by atoms with Crippen molar-refractivity contribution in [3.63, 3.8) is 0 Å². The highest BCUT2D eigenvalue weighted by atomic mass is 19.4. The molecule has 4 unspecified atom stereocenters. The van der Waals surface area contributed by atoms with Gasteiger partial charge in [-0.15, -0.1) is 0 Å². The molecule has 138 valence electrons. The van der Waals surface area contributed by atoms with E-state index in [4.69, 9.17) is 0 Å². The van der Waals surface area contributed by atoms with Crippen molar-refractivity contribution in [1.82, 2.24) is 16.0 Å². The van der Waals surface area contributed by atoms with Crippen LogP contribution in [0.15, 0.2) is 35.0 Å². The molecule has 1 aromatic carbocycles. The van der Waals surface area contributed by atoms with Crippen LogP contribution >= 0.6 is 0 Å². The number of hydrogen-bond donors (Lipinski definition) is 3. The summed E-state index contributed by atoms with van der Waals surface area (Å²) in [5, 5.41) is 9.87. The zero-order valence-corrected chi connectivity index (χ0v) is 14.2. The second kappa shape index (κ2) is 5.82. The molecular weight excluding hydrogens is 341 g/mol. The lowest BCUT2D eigenvalue weighted by molar-refractivity contribution is -0.137. The maximum atomic E-state index is 13.4. The monoisotopic (exact) mass is 362 g/mol. The molecule has 4 atom stereocenters. The fourth-order valence-corrected chi connectivity index (χ4v) is 4.01. The minimum atomic E-state index is -4.32. The van der Waals surface area contributed by atoms with E-state index in [2.05, 4.69) is 27.0 Å². The second-order valence-corrected chi connectivity index (χ2v) is 7.72. The van der Waals surface area contributed by atoms with E-state index >= 15 is 0 Å². The van der Waals surface area contributed by atoms with E-state index in [1.807, 2.05) is 12.3 Å². The smallest absolute Gasteiger partial charge is 0.382 e. The summed E-state index contributed by atoms with van der Waals surface area (Å²) in [4.78, 5) is 4.46. The highest BCUT2D eigenvalue weighted by Gasteiger charge is 2.39. The Kier molecular flexibility index (Phi) is 3.66. The van der Waals surface area contributed by atoms with Gasteiger partial charge < -0.3 is 16.0 Å². The Morgan fingerprint density at radius 3 is 2.42 bits per heavy atom. The first-order chi connectivity index (χ1) is 12.5. The molecule has 5 rings (SSSR count). The van der Waals surface area contributed by atoms with Crippen LogP contribution in [0.3, 0.4) is 0 Å². The van der Waals surface area contributed by atoms with Gasteiger partial charge in [0.25, 0.3) is 0 Å². The number of alkyl halides is 3. The maximum absolute atomic E-state index is 13.4. The number of aliphatic imine (C=N–C) groups is 1. The molecule has 26 heavy (non-hydrogen) atoms. The predicted octanol–water partition coefficient (Wildman–Crippen LogP) is 2.35. The third-order valence-corrected chi connectivity index (χ3v) is 5.77. The van der Waals surface area contributed by atoms with Crippen molar-refractivity contribution in [1.29, 1.82) is 0 Å². The van der Waals surface area contributed by atoms with Gasteiger partial charge in [-0.05, 0) is 29.7 Å². The Labute approximate surface area is 150 Å². The van der Waals surface area contributed by atoms with Gasteiger partial charge in [-0.25, -0.2) is 0 Å². The number of halogens is 3. The van der Waals surface area contributed by atoms with Crippen LogP contribution in [0, 0.1) is 5.92 Å². The van der Waals surface area contributed by atoms with Gasteiger partial charge in [0.15, 0.2) is 0 Å². The van der Waals surface area contributed by atoms with Gasteiger partial charge in [0.1, 0.15) is 0 Å². The van der Waals surface area contributed by atoms with Crippen molar-refractivity contribution < 1.29 is 13.2 Å². The number of nitrogens with one attached hydrogen (secondary N) is 3. The zero-order chi connectivity index (χ0) is 17.9. The SMILES string of the molecule is FC(F)(F)c1cc(C2C=C(NC3CNC3)C3N=CC3C2)cc(C2CN2)c1. The Hall–Kier alpha value is -1.86. The lowest BCUT2D eigenvalue weighted by Crippen LogP contribution is -2.57. The lowest BCUT2D eigenvalue weighted by atomic mass is 9.75. The van der Waals surface area contributed by atoms with Gasteiger partial charge in [0, 0.05) is 49.4 Å². The van der Waals surface area contributed by atoms with E-state index in [0.717, 1.165) is 42.9 Å². The molecule has 0 saturated carbocycles. The molecule has 0 spiro atoms. The molecule has 3 N–H and O–H groups in total. The number of fused-ring (bicyclic) bond motifs is 1. The predicted molar refractivity (Wildman–Crippen MR) is 93.2 cm³/mol. The molecule has 0 aromatic heterocycles. The van der Waals surface area contributed by atoms with Gasteiger partial charge in [-0.1, -0.05) is 12.1 Å². The summed E-state index contributed by atoms with van der Waals surface area (Å²) < 4.78 is 40.1. The van der Waals surface area contributed by atoms with Crippen LogP contribution < -0.4 is 16.0 Å². The van der Waals surface area contributed by atoms with Gasteiger partial charge in [-0.2, -0.15) is 13.2 Å². The lowest BCUT2D eigenvalue weighted by Gasteiger charge is -2.41. The molecule has 3 heterocycles. The number of nitrogens with zero attached hydrogens (tertiary/aromatic N) is 1. The fraction of sp³-hybridized carbons (Fsp3) is 0.526. The van der Waals surface area contributed by atoms with Crippen molar-refractivity contribution in [3.05, 3.63) is 46.7 Å². The quantitative estimate of drug-likeness (QED) is 0.721. The molecular formula is C19H21F3N4. The van der Waals surface area contributed by atoms with E-state index in [9.17, 15) is 13.2 Å². The summed E-state index contributed by atoms with van der Waals surface area (Å²) in [5.41, 5.74) is 2.02. The minimum absolute atomic E-state index is 0.0154. The number of allylic oxidation sites excluding steroid dienone is 1. The standard InChI is InChI=1S/C19H21F3N4/c20-19(21,22)14-3-10(1-12(4-14)17-9-24-17)11-2-13-6-25-18(13)16(5-11)26-15-7-23-8-15/h1,3-6,11,13,15,17-18,23-24,26H,2,7-9H2. The van der Waals surface area contributed by atoms with Crippen LogP contribution in [-0.2, 0) is 6.18 Å². The molecule has 1 aromatic rings. The van der Waals surface area contributed by atoms with E-state index in [0.29, 0.717) is 12.0 Å². The van der Waals surface area contributed by atoms with Crippen molar-refractivity contribution in [2.75, 3.05) is 19.6 Å². The molecule has 7 heteroatoms. The minimum Gasteiger partial charge on any atom is -0.382 e. The highest BCUT2D eigenvalue weighted by molar-refractivity contribution is 5.71. The van der Waals surface area contributed by atoms with Crippen LogP contribution in [0.1, 0.15) is 35.1 Å². The third kappa shape index (κ3) is 2.93.